The molecule has 0 saturated heterocycles. The third-order valence-corrected chi connectivity index (χ3v) is 3.70. The summed E-state index contributed by atoms with van der Waals surface area (Å²) in [4.78, 5) is 0. The average Bonchev–Trinajstić information content (AvgIpc) is 2.14. The predicted octanol–water partition coefficient (Wildman–Crippen LogP) is 2.42. The zero-order valence-corrected chi connectivity index (χ0v) is 10.7. The molecule has 1 saturated carbocycles. The normalized spacial score (nSPS) is 34.4. The van der Waals surface area contributed by atoms with Crippen LogP contribution < -0.4 is 5.32 Å². The first-order valence-electron chi connectivity index (χ1n) is 6.42. The lowest BCUT2D eigenvalue weighted by Crippen LogP contribution is -2.45. The number of rotatable bonds is 4. The van der Waals surface area contributed by atoms with Crippen molar-refractivity contribution in [2.45, 2.75) is 59.1 Å². The molecule has 0 radical (unpaired) electrons. The molecule has 2 heteroatoms. The molecule has 0 amide bonds. The van der Waals surface area contributed by atoms with Crippen LogP contribution in [0.4, 0.5) is 0 Å². The minimum absolute atomic E-state index is 0.227. The summed E-state index contributed by atoms with van der Waals surface area (Å²) in [6.45, 7) is 9.56. The van der Waals surface area contributed by atoms with Crippen molar-refractivity contribution in [3.63, 3.8) is 0 Å². The Hall–Kier alpha value is -0.0800. The van der Waals surface area contributed by atoms with Crippen LogP contribution in [-0.4, -0.2) is 23.8 Å². The lowest BCUT2D eigenvalue weighted by atomic mass is 9.74. The van der Waals surface area contributed by atoms with Crippen LogP contribution in [0, 0.1) is 17.8 Å². The lowest BCUT2D eigenvalue weighted by Gasteiger charge is -2.38. The van der Waals surface area contributed by atoms with E-state index >= 15 is 0 Å². The van der Waals surface area contributed by atoms with Crippen molar-refractivity contribution in [3.8, 4) is 0 Å². The Balaban J connectivity index is 2.46. The van der Waals surface area contributed by atoms with Crippen molar-refractivity contribution >= 4 is 0 Å². The molecule has 1 fully saturated rings. The van der Waals surface area contributed by atoms with Gasteiger partial charge in [0.05, 0.1) is 6.10 Å². The van der Waals surface area contributed by atoms with Crippen LogP contribution in [0.2, 0.25) is 0 Å². The molecule has 0 aliphatic heterocycles. The molecule has 0 heterocycles. The SMILES string of the molecule is CC(C)[C@@H]1CC[C@H](C)C[C@H]1NC[C@@H](C)O. The highest BCUT2D eigenvalue weighted by Crippen LogP contribution is 2.33. The standard InChI is InChI=1S/C13H27NO/c1-9(2)12-6-5-10(3)7-13(12)14-8-11(4)15/h9-15H,5-8H2,1-4H3/t10-,11+,12-,13+/m0/s1. The summed E-state index contributed by atoms with van der Waals surface area (Å²) in [6.07, 6.45) is 3.76. The molecule has 0 aromatic rings. The fraction of sp³-hybridized carbons (Fsp3) is 1.00. The van der Waals surface area contributed by atoms with E-state index in [1.807, 2.05) is 6.92 Å². The van der Waals surface area contributed by atoms with Gasteiger partial charge in [0, 0.05) is 12.6 Å². The van der Waals surface area contributed by atoms with Crippen LogP contribution in [-0.2, 0) is 0 Å². The average molecular weight is 213 g/mol. The molecule has 0 unspecified atom stereocenters. The van der Waals surface area contributed by atoms with Gasteiger partial charge in [-0.3, -0.25) is 0 Å². The zero-order valence-electron chi connectivity index (χ0n) is 10.7. The van der Waals surface area contributed by atoms with Crippen molar-refractivity contribution in [1.29, 1.82) is 0 Å². The minimum atomic E-state index is -0.227. The summed E-state index contributed by atoms with van der Waals surface area (Å²) in [5, 5.41) is 12.8. The van der Waals surface area contributed by atoms with Crippen LogP contribution in [0.25, 0.3) is 0 Å². The summed E-state index contributed by atoms with van der Waals surface area (Å²) in [7, 11) is 0. The smallest absolute Gasteiger partial charge is 0.0636 e. The highest BCUT2D eigenvalue weighted by molar-refractivity contribution is 4.85. The van der Waals surface area contributed by atoms with E-state index < -0.39 is 0 Å². The first kappa shape index (κ1) is 13.0. The lowest BCUT2D eigenvalue weighted by molar-refractivity contribution is 0.138. The van der Waals surface area contributed by atoms with E-state index in [1.54, 1.807) is 0 Å². The maximum atomic E-state index is 9.31. The van der Waals surface area contributed by atoms with Crippen molar-refractivity contribution in [1.82, 2.24) is 5.32 Å². The highest BCUT2D eigenvalue weighted by atomic mass is 16.3. The number of nitrogens with one attached hydrogen (secondary N) is 1. The van der Waals surface area contributed by atoms with E-state index in [1.165, 1.54) is 19.3 Å². The summed E-state index contributed by atoms with van der Waals surface area (Å²) in [5.74, 6) is 2.38. The van der Waals surface area contributed by atoms with E-state index in [-0.39, 0.29) is 6.10 Å². The second kappa shape index (κ2) is 5.86. The molecule has 2 N–H and O–H groups in total. The first-order chi connectivity index (χ1) is 7.00. The molecule has 0 bridgehead atoms. The molecular weight excluding hydrogens is 186 g/mol. The van der Waals surface area contributed by atoms with Gasteiger partial charge in [0.1, 0.15) is 0 Å². The van der Waals surface area contributed by atoms with Crippen LogP contribution in [0.5, 0.6) is 0 Å². The molecule has 0 aromatic carbocycles. The van der Waals surface area contributed by atoms with E-state index in [4.69, 9.17) is 0 Å². The fourth-order valence-corrected chi connectivity index (χ4v) is 2.76. The van der Waals surface area contributed by atoms with Gasteiger partial charge in [0.2, 0.25) is 0 Å². The van der Waals surface area contributed by atoms with E-state index in [0.717, 1.165) is 24.3 Å². The van der Waals surface area contributed by atoms with Gasteiger partial charge in [-0.25, -0.2) is 0 Å². The van der Waals surface area contributed by atoms with Gasteiger partial charge in [0.25, 0.3) is 0 Å². The minimum Gasteiger partial charge on any atom is -0.392 e. The summed E-state index contributed by atoms with van der Waals surface area (Å²) in [5.41, 5.74) is 0. The van der Waals surface area contributed by atoms with E-state index in [9.17, 15) is 5.11 Å². The molecule has 2 nitrogen and oxygen atoms in total. The van der Waals surface area contributed by atoms with Gasteiger partial charge in [0.15, 0.2) is 0 Å². The number of aliphatic hydroxyl groups is 1. The number of hydrogen-bond donors (Lipinski definition) is 2. The molecule has 1 aliphatic rings. The maximum absolute atomic E-state index is 9.31. The van der Waals surface area contributed by atoms with Crippen LogP contribution >= 0.6 is 0 Å². The molecule has 1 aliphatic carbocycles. The molecule has 4 atom stereocenters. The van der Waals surface area contributed by atoms with Gasteiger partial charge in [-0.15, -0.1) is 0 Å². The van der Waals surface area contributed by atoms with Crippen molar-refractivity contribution in [2.75, 3.05) is 6.54 Å². The predicted molar refractivity (Wildman–Crippen MR) is 64.8 cm³/mol. The Morgan fingerprint density at radius 1 is 1.27 bits per heavy atom. The second-order valence-electron chi connectivity index (χ2n) is 5.69. The molecule has 1 rings (SSSR count). The van der Waals surface area contributed by atoms with Gasteiger partial charge in [-0.05, 0) is 37.5 Å². The summed E-state index contributed by atoms with van der Waals surface area (Å²) >= 11 is 0. The highest BCUT2D eigenvalue weighted by Gasteiger charge is 2.30. The van der Waals surface area contributed by atoms with Crippen molar-refractivity contribution < 1.29 is 5.11 Å². The van der Waals surface area contributed by atoms with Crippen LogP contribution in [0.15, 0.2) is 0 Å². The Bertz CT molecular complexity index is 179. The maximum Gasteiger partial charge on any atom is 0.0636 e. The molecule has 15 heavy (non-hydrogen) atoms. The number of hydrogen-bond acceptors (Lipinski definition) is 2. The van der Waals surface area contributed by atoms with Gasteiger partial charge < -0.3 is 10.4 Å². The largest absolute Gasteiger partial charge is 0.392 e. The Morgan fingerprint density at radius 2 is 1.93 bits per heavy atom. The van der Waals surface area contributed by atoms with Gasteiger partial charge in [-0.2, -0.15) is 0 Å². The van der Waals surface area contributed by atoms with Crippen molar-refractivity contribution in [3.05, 3.63) is 0 Å². The van der Waals surface area contributed by atoms with Crippen LogP contribution in [0.3, 0.4) is 0 Å². The van der Waals surface area contributed by atoms with Gasteiger partial charge >= 0.3 is 0 Å². The van der Waals surface area contributed by atoms with E-state index in [0.29, 0.717) is 6.04 Å². The summed E-state index contributed by atoms with van der Waals surface area (Å²) < 4.78 is 0. The Morgan fingerprint density at radius 3 is 2.47 bits per heavy atom. The Kier molecular flexibility index (Phi) is 5.07. The summed E-state index contributed by atoms with van der Waals surface area (Å²) in [6, 6.07) is 0.614. The topological polar surface area (TPSA) is 32.3 Å². The van der Waals surface area contributed by atoms with Crippen molar-refractivity contribution in [2.24, 2.45) is 17.8 Å². The monoisotopic (exact) mass is 213 g/mol. The fourth-order valence-electron chi connectivity index (χ4n) is 2.76. The first-order valence-corrected chi connectivity index (χ1v) is 6.42. The third kappa shape index (κ3) is 4.12. The molecule has 90 valence electrons. The zero-order chi connectivity index (χ0) is 11.4. The molecular formula is C13H27NO. The van der Waals surface area contributed by atoms with E-state index in [2.05, 4.69) is 26.1 Å². The second-order valence-corrected chi connectivity index (χ2v) is 5.69. The third-order valence-electron chi connectivity index (χ3n) is 3.70. The van der Waals surface area contributed by atoms with Gasteiger partial charge in [-0.1, -0.05) is 27.2 Å². The Labute approximate surface area is 94.5 Å². The number of aliphatic hydroxyl groups excluding tert-OH is 1. The molecule has 0 spiro atoms. The quantitative estimate of drug-likeness (QED) is 0.751. The molecule has 0 aromatic heterocycles. The van der Waals surface area contributed by atoms with Crippen LogP contribution in [0.1, 0.15) is 47.0 Å².